The molecule has 2 N–H and O–H groups in total. The molecule has 0 aliphatic rings. The highest BCUT2D eigenvalue weighted by molar-refractivity contribution is 6.32. The van der Waals surface area contributed by atoms with Crippen LogP contribution in [0.2, 0.25) is 5.02 Å². The average Bonchev–Trinajstić information content (AvgIpc) is 2.49. The summed E-state index contributed by atoms with van der Waals surface area (Å²) < 4.78 is 5.57. The van der Waals surface area contributed by atoms with Crippen molar-refractivity contribution in [3.05, 3.63) is 53.1 Å². The molecule has 0 fully saturated rings. The number of anilines is 1. The van der Waals surface area contributed by atoms with E-state index in [-0.39, 0.29) is 11.8 Å². The van der Waals surface area contributed by atoms with Gasteiger partial charge in [0.15, 0.2) is 0 Å². The van der Waals surface area contributed by atoms with Crippen molar-refractivity contribution in [1.82, 2.24) is 0 Å². The van der Waals surface area contributed by atoms with Gasteiger partial charge in [0.1, 0.15) is 11.5 Å². The normalized spacial score (nSPS) is 12.0. The van der Waals surface area contributed by atoms with Crippen LogP contribution in [0.3, 0.4) is 0 Å². The van der Waals surface area contributed by atoms with E-state index >= 15 is 0 Å². The largest absolute Gasteiger partial charge is 0.506 e. The van der Waals surface area contributed by atoms with Gasteiger partial charge >= 0.3 is 0 Å². The van der Waals surface area contributed by atoms with E-state index in [1.54, 1.807) is 18.2 Å². The van der Waals surface area contributed by atoms with Crippen LogP contribution in [0, 0.1) is 0 Å². The average molecular weight is 306 g/mol. The van der Waals surface area contributed by atoms with Crippen molar-refractivity contribution in [2.24, 2.45) is 0 Å². The predicted octanol–water partition coefficient (Wildman–Crippen LogP) is 5.01. The second-order valence-electron chi connectivity index (χ2n) is 4.95. The van der Waals surface area contributed by atoms with E-state index in [4.69, 9.17) is 16.3 Å². The lowest BCUT2D eigenvalue weighted by molar-refractivity contribution is 0.317. The van der Waals surface area contributed by atoms with Crippen LogP contribution in [-0.2, 0) is 0 Å². The van der Waals surface area contributed by atoms with Crippen LogP contribution in [0.4, 0.5) is 5.69 Å². The molecule has 4 heteroatoms. The zero-order valence-corrected chi connectivity index (χ0v) is 13.0. The number of hydrogen-bond acceptors (Lipinski definition) is 3. The molecule has 1 unspecified atom stereocenters. The molecule has 0 saturated carbocycles. The van der Waals surface area contributed by atoms with Gasteiger partial charge in [-0.2, -0.15) is 0 Å². The number of rotatable bonds is 6. The van der Waals surface area contributed by atoms with Crippen molar-refractivity contribution in [2.45, 2.75) is 26.3 Å². The molecule has 0 heterocycles. The summed E-state index contributed by atoms with van der Waals surface area (Å²) in [6, 6.07) is 13.3. The third-order valence-electron chi connectivity index (χ3n) is 3.18. The van der Waals surface area contributed by atoms with Crippen LogP contribution in [-0.4, -0.2) is 11.7 Å². The summed E-state index contributed by atoms with van der Waals surface area (Å²) in [5.41, 5.74) is 2.03. The van der Waals surface area contributed by atoms with Gasteiger partial charge in [-0.15, -0.1) is 0 Å². The first-order chi connectivity index (χ1) is 10.1. The molecule has 0 bridgehead atoms. The van der Waals surface area contributed by atoms with Crippen molar-refractivity contribution in [1.29, 1.82) is 0 Å². The van der Waals surface area contributed by atoms with Crippen molar-refractivity contribution in [2.75, 3.05) is 11.9 Å². The van der Waals surface area contributed by atoms with E-state index < -0.39 is 0 Å². The number of benzene rings is 2. The lowest BCUT2D eigenvalue weighted by atomic mass is 10.1. The first-order valence-electron chi connectivity index (χ1n) is 7.08. The summed E-state index contributed by atoms with van der Waals surface area (Å²) in [6.07, 6.45) is 1.00. The molecular weight excluding hydrogens is 286 g/mol. The zero-order valence-electron chi connectivity index (χ0n) is 12.3. The molecule has 0 saturated heterocycles. The Balaban J connectivity index is 2.02. The molecule has 0 aromatic heterocycles. The van der Waals surface area contributed by atoms with Gasteiger partial charge in [0.05, 0.1) is 11.6 Å². The van der Waals surface area contributed by atoms with Gasteiger partial charge in [0.25, 0.3) is 0 Å². The number of hydrogen-bond donors (Lipinski definition) is 2. The minimum Gasteiger partial charge on any atom is -0.506 e. The first-order valence-corrected chi connectivity index (χ1v) is 7.45. The van der Waals surface area contributed by atoms with E-state index in [1.165, 1.54) is 0 Å². The summed E-state index contributed by atoms with van der Waals surface area (Å²) >= 11 is 5.91. The molecule has 0 spiro atoms. The molecule has 1 atom stereocenters. The van der Waals surface area contributed by atoms with Gasteiger partial charge < -0.3 is 15.2 Å². The first kappa shape index (κ1) is 15.5. The van der Waals surface area contributed by atoms with Crippen LogP contribution in [0.1, 0.15) is 31.9 Å². The summed E-state index contributed by atoms with van der Waals surface area (Å²) in [5.74, 6) is 0.979. The molecule has 21 heavy (non-hydrogen) atoms. The molecular formula is C17H20ClNO2. The summed E-state index contributed by atoms with van der Waals surface area (Å²) in [6.45, 7) is 4.89. The number of halogens is 1. The van der Waals surface area contributed by atoms with Crippen LogP contribution < -0.4 is 10.1 Å². The Morgan fingerprint density at radius 2 is 1.90 bits per heavy atom. The molecule has 0 aliphatic heterocycles. The fraction of sp³-hybridized carbons (Fsp3) is 0.294. The lowest BCUT2D eigenvalue weighted by Crippen LogP contribution is -2.06. The van der Waals surface area contributed by atoms with Crippen molar-refractivity contribution < 1.29 is 9.84 Å². The van der Waals surface area contributed by atoms with Crippen LogP contribution >= 0.6 is 11.6 Å². The molecule has 0 amide bonds. The topological polar surface area (TPSA) is 41.5 Å². The summed E-state index contributed by atoms with van der Waals surface area (Å²) in [5, 5.41) is 13.1. The Kier molecular flexibility index (Phi) is 5.34. The number of phenols is 1. The number of nitrogens with one attached hydrogen (secondary N) is 1. The molecule has 112 valence electrons. The number of phenolic OH excluding ortho intramolecular Hbond substituents is 1. The number of ether oxygens (including phenoxy) is 1. The van der Waals surface area contributed by atoms with Crippen LogP contribution in [0.5, 0.6) is 11.5 Å². The molecule has 2 aromatic carbocycles. The maximum absolute atomic E-state index is 9.42. The summed E-state index contributed by atoms with van der Waals surface area (Å²) in [4.78, 5) is 0. The smallest absolute Gasteiger partial charge is 0.134 e. The monoisotopic (exact) mass is 305 g/mol. The molecule has 3 nitrogen and oxygen atoms in total. The fourth-order valence-corrected chi connectivity index (χ4v) is 2.18. The second-order valence-corrected chi connectivity index (χ2v) is 5.36. The lowest BCUT2D eigenvalue weighted by Gasteiger charge is -2.16. The molecule has 2 rings (SSSR count). The fourth-order valence-electron chi connectivity index (χ4n) is 2.00. The van der Waals surface area contributed by atoms with Crippen molar-refractivity contribution >= 4 is 17.3 Å². The zero-order chi connectivity index (χ0) is 15.2. The Labute approximate surface area is 130 Å². The van der Waals surface area contributed by atoms with E-state index in [0.717, 1.165) is 30.0 Å². The molecule has 0 aliphatic carbocycles. The Morgan fingerprint density at radius 3 is 2.52 bits per heavy atom. The van der Waals surface area contributed by atoms with Crippen molar-refractivity contribution in [3.8, 4) is 11.5 Å². The standard InChI is InChI=1S/C17H20ClNO2/c1-3-10-21-15-7-4-13(5-8-15)12(2)19-14-6-9-17(20)16(18)11-14/h4-9,11-12,19-20H,3,10H2,1-2H3. The Bertz CT molecular complexity index is 584. The van der Waals surface area contributed by atoms with Gasteiger partial charge in [-0.3, -0.25) is 0 Å². The maximum atomic E-state index is 9.42. The van der Waals surface area contributed by atoms with Gasteiger partial charge in [-0.05, 0) is 49.2 Å². The van der Waals surface area contributed by atoms with E-state index in [1.807, 2.05) is 24.3 Å². The SMILES string of the molecule is CCCOc1ccc(C(C)Nc2ccc(O)c(Cl)c2)cc1. The van der Waals surface area contributed by atoms with Crippen LogP contribution in [0.25, 0.3) is 0 Å². The van der Waals surface area contributed by atoms with Crippen molar-refractivity contribution in [3.63, 3.8) is 0 Å². The minimum absolute atomic E-state index is 0.0901. The van der Waals surface area contributed by atoms with Gasteiger partial charge in [-0.25, -0.2) is 0 Å². The molecule has 2 aromatic rings. The maximum Gasteiger partial charge on any atom is 0.134 e. The predicted molar refractivity (Wildman–Crippen MR) is 87.4 cm³/mol. The van der Waals surface area contributed by atoms with Gasteiger partial charge in [0.2, 0.25) is 0 Å². The highest BCUT2D eigenvalue weighted by Crippen LogP contribution is 2.28. The highest BCUT2D eigenvalue weighted by Gasteiger charge is 2.07. The Morgan fingerprint density at radius 1 is 1.19 bits per heavy atom. The summed E-state index contributed by atoms with van der Waals surface area (Å²) in [7, 11) is 0. The van der Waals surface area contributed by atoms with E-state index in [9.17, 15) is 5.11 Å². The van der Waals surface area contributed by atoms with Gasteiger partial charge in [0, 0.05) is 11.7 Å². The molecule has 0 radical (unpaired) electrons. The van der Waals surface area contributed by atoms with E-state index in [0.29, 0.717) is 5.02 Å². The minimum atomic E-state index is 0.0901. The third-order valence-corrected chi connectivity index (χ3v) is 3.49. The van der Waals surface area contributed by atoms with E-state index in [2.05, 4.69) is 19.2 Å². The quantitative estimate of drug-likeness (QED) is 0.737. The van der Waals surface area contributed by atoms with Gasteiger partial charge in [-0.1, -0.05) is 30.7 Å². The number of aromatic hydroxyl groups is 1. The second kappa shape index (κ2) is 7.23. The third kappa shape index (κ3) is 4.30. The highest BCUT2D eigenvalue weighted by atomic mass is 35.5. The van der Waals surface area contributed by atoms with Crippen LogP contribution in [0.15, 0.2) is 42.5 Å². The Hall–Kier alpha value is -1.87.